The number of rotatable bonds is 7. The highest BCUT2D eigenvalue weighted by atomic mass is 32.2. The van der Waals surface area contributed by atoms with Gasteiger partial charge in [0.15, 0.2) is 22.1 Å². The van der Waals surface area contributed by atoms with Gasteiger partial charge >= 0.3 is 0 Å². The van der Waals surface area contributed by atoms with Crippen LogP contribution in [-0.2, 0) is 0 Å². The predicted molar refractivity (Wildman–Crippen MR) is 122 cm³/mol. The SMILES string of the molecule is CCCSc1nc(NC2CC2c2cccc(C)c2)c2nnn(C3CC(O)C(O)C3O)c2n1. The lowest BCUT2D eigenvalue weighted by Gasteiger charge is -2.16. The van der Waals surface area contributed by atoms with E-state index in [9.17, 15) is 15.3 Å². The average Bonchev–Trinajstić information content (AvgIpc) is 3.35. The second-order valence-electron chi connectivity index (χ2n) is 8.77. The standard InChI is InChI=1S/C22H28N6O3S/c1-3-7-32-22-24-20(23-14-9-13(14)12-6-4-5-11(2)8-12)17-21(25-22)28(27-26-17)15-10-16(29)19(31)18(15)30/h4-6,8,13-16,18-19,29-31H,3,7,9-10H2,1-2H3,(H,23,24,25). The molecule has 10 heteroatoms. The molecule has 0 saturated heterocycles. The van der Waals surface area contributed by atoms with Crippen molar-refractivity contribution in [3.05, 3.63) is 35.4 Å². The molecule has 2 aromatic heterocycles. The molecule has 4 N–H and O–H groups in total. The van der Waals surface area contributed by atoms with E-state index in [1.165, 1.54) is 15.8 Å². The van der Waals surface area contributed by atoms with Crippen LogP contribution in [0.3, 0.4) is 0 Å². The Balaban J connectivity index is 1.46. The van der Waals surface area contributed by atoms with Gasteiger partial charge in [0.05, 0.1) is 12.1 Å². The van der Waals surface area contributed by atoms with Gasteiger partial charge in [0.25, 0.3) is 0 Å². The van der Waals surface area contributed by atoms with Crippen molar-refractivity contribution in [1.82, 2.24) is 25.0 Å². The first-order valence-electron chi connectivity index (χ1n) is 11.1. The third-order valence-corrected chi connectivity index (χ3v) is 7.31. The molecule has 0 radical (unpaired) electrons. The number of nitrogens with one attached hydrogen (secondary N) is 1. The van der Waals surface area contributed by atoms with E-state index in [0.717, 1.165) is 18.6 Å². The molecule has 1 aromatic carbocycles. The number of hydrogen-bond acceptors (Lipinski definition) is 9. The number of aliphatic hydroxyl groups excluding tert-OH is 3. The van der Waals surface area contributed by atoms with E-state index in [1.807, 2.05) is 0 Å². The number of aliphatic hydroxyl groups is 3. The van der Waals surface area contributed by atoms with Crippen molar-refractivity contribution in [1.29, 1.82) is 0 Å². The van der Waals surface area contributed by atoms with Crippen LogP contribution in [0, 0.1) is 6.92 Å². The van der Waals surface area contributed by atoms with Crippen LogP contribution in [0.1, 0.15) is 49.3 Å². The zero-order valence-electron chi connectivity index (χ0n) is 18.1. The molecular weight excluding hydrogens is 428 g/mol. The van der Waals surface area contributed by atoms with Crippen LogP contribution in [0.15, 0.2) is 29.4 Å². The van der Waals surface area contributed by atoms with Gasteiger partial charge in [-0.2, -0.15) is 0 Å². The van der Waals surface area contributed by atoms with Gasteiger partial charge in [-0.05, 0) is 25.3 Å². The molecule has 32 heavy (non-hydrogen) atoms. The number of hydrogen-bond donors (Lipinski definition) is 4. The second kappa shape index (κ2) is 8.58. The molecule has 2 saturated carbocycles. The van der Waals surface area contributed by atoms with E-state index in [-0.39, 0.29) is 12.5 Å². The number of thioether (sulfide) groups is 1. The monoisotopic (exact) mass is 456 g/mol. The van der Waals surface area contributed by atoms with E-state index >= 15 is 0 Å². The zero-order valence-corrected chi connectivity index (χ0v) is 18.9. The topological polar surface area (TPSA) is 129 Å². The van der Waals surface area contributed by atoms with Crippen LogP contribution >= 0.6 is 11.8 Å². The highest BCUT2D eigenvalue weighted by molar-refractivity contribution is 7.99. The molecule has 2 heterocycles. The number of aromatic nitrogens is 5. The maximum atomic E-state index is 10.4. The Morgan fingerprint density at radius 2 is 2.00 bits per heavy atom. The minimum absolute atomic E-state index is 0.184. The van der Waals surface area contributed by atoms with E-state index < -0.39 is 24.4 Å². The summed E-state index contributed by atoms with van der Waals surface area (Å²) >= 11 is 1.56. The minimum Gasteiger partial charge on any atom is -0.390 e. The Hall–Kier alpha value is -2.27. The lowest BCUT2D eigenvalue weighted by atomic mass is 10.1. The van der Waals surface area contributed by atoms with Crippen molar-refractivity contribution in [3.63, 3.8) is 0 Å². The van der Waals surface area contributed by atoms with Crippen LogP contribution in [0.5, 0.6) is 0 Å². The van der Waals surface area contributed by atoms with E-state index in [2.05, 4.69) is 58.7 Å². The highest BCUT2D eigenvalue weighted by Gasteiger charge is 2.43. The summed E-state index contributed by atoms with van der Waals surface area (Å²) in [5.41, 5.74) is 3.59. The van der Waals surface area contributed by atoms with Crippen molar-refractivity contribution < 1.29 is 15.3 Å². The maximum Gasteiger partial charge on any atom is 0.191 e. The third kappa shape index (κ3) is 3.96. The molecule has 2 fully saturated rings. The van der Waals surface area contributed by atoms with Gasteiger partial charge in [-0.1, -0.05) is 53.7 Å². The summed E-state index contributed by atoms with van der Waals surface area (Å²) in [4.78, 5) is 9.37. The first-order valence-corrected chi connectivity index (χ1v) is 12.1. The predicted octanol–water partition coefficient (Wildman–Crippen LogP) is 2.03. The van der Waals surface area contributed by atoms with Crippen LogP contribution in [-0.4, -0.2) is 70.4 Å². The second-order valence-corrected chi connectivity index (χ2v) is 9.83. The molecule has 2 aliphatic carbocycles. The van der Waals surface area contributed by atoms with Crippen molar-refractivity contribution in [2.75, 3.05) is 11.1 Å². The molecule has 0 amide bonds. The van der Waals surface area contributed by atoms with Crippen molar-refractivity contribution >= 4 is 28.7 Å². The molecular formula is C22H28N6O3S. The zero-order chi connectivity index (χ0) is 22.4. The van der Waals surface area contributed by atoms with Gasteiger partial charge in [0, 0.05) is 24.1 Å². The quantitative estimate of drug-likeness (QED) is 0.312. The average molecular weight is 457 g/mol. The molecule has 6 unspecified atom stereocenters. The molecule has 2 aliphatic rings. The fourth-order valence-electron chi connectivity index (χ4n) is 4.42. The first-order chi connectivity index (χ1) is 15.5. The van der Waals surface area contributed by atoms with Gasteiger partial charge in [-0.15, -0.1) is 5.10 Å². The minimum atomic E-state index is -1.21. The lowest BCUT2D eigenvalue weighted by molar-refractivity contribution is -0.0253. The maximum absolute atomic E-state index is 10.4. The van der Waals surface area contributed by atoms with E-state index in [1.54, 1.807) is 11.8 Å². The summed E-state index contributed by atoms with van der Waals surface area (Å²) < 4.78 is 1.52. The fraction of sp³-hybridized carbons (Fsp3) is 0.545. The lowest BCUT2D eigenvalue weighted by Crippen LogP contribution is -2.31. The highest BCUT2D eigenvalue weighted by Crippen LogP contribution is 2.43. The van der Waals surface area contributed by atoms with Crippen LogP contribution in [0.25, 0.3) is 11.2 Å². The molecule has 9 nitrogen and oxygen atoms in total. The molecule has 0 spiro atoms. The normalized spacial score (nSPS) is 29.5. The number of nitrogens with zero attached hydrogens (tertiary/aromatic N) is 5. The van der Waals surface area contributed by atoms with Gasteiger partial charge in [0.1, 0.15) is 12.2 Å². The van der Waals surface area contributed by atoms with Gasteiger partial charge in [-0.25, -0.2) is 14.6 Å². The van der Waals surface area contributed by atoms with Gasteiger partial charge < -0.3 is 20.6 Å². The summed E-state index contributed by atoms with van der Waals surface area (Å²) in [6.07, 6.45) is -1.17. The van der Waals surface area contributed by atoms with Crippen molar-refractivity contribution in [3.8, 4) is 0 Å². The molecule has 5 rings (SSSR count). The van der Waals surface area contributed by atoms with Crippen molar-refractivity contribution in [2.45, 2.75) is 74.6 Å². The summed E-state index contributed by atoms with van der Waals surface area (Å²) in [6, 6.07) is 8.22. The number of benzene rings is 1. The van der Waals surface area contributed by atoms with E-state index in [4.69, 9.17) is 4.98 Å². The van der Waals surface area contributed by atoms with E-state index in [0.29, 0.717) is 28.1 Å². The third-order valence-electron chi connectivity index (χ3n) is 6.26. The molecule has 170 valence electrons. The Morgan fingerprint density at radius 3 is 2.72 bits per heavy atom. The van der Waals surface area contributed by atoms with Crippen LogP contribution < -0.4 is 5.32 Å². The largest absolute Gasteiger partial charge is 0.390 e. The Bertz CT molecular complexity index is 1120. The molecule has 0 aliphatic heterocycles. The number of fused-ring (bicyclic) bond motifs is 1. The molecule has 3 aromatic rings. The Morgan fingerprint density at radius 1 is 1.16 bits per heavy atom. The van der Waals surface area contributed by atoms with Gasteiger partial charge in [-0.3, -0.25) is 0 Å². The van der Waals surface area contributed by atoms with Crippen LogP contribution in [0.2, 0.25) is 0 Å². The summed E-state index contributed by atoms with van der Waals surface area (Å²) in [5.74, 6) is 1.93. The smallest absolute Gasteiger partial charge is 0.191 e. The summed E-state index contributed by atoms with van der Waals surface area (Å²) in [7, 11) is 0. The van der Waals surface area contributed by atoms with Crippen LogP contribution in [0.4, 0.5) is 5.82 Å². The Labute approximate surface area is 190 Å². The molecule has 0 bridgehead atoms. The van der Waals surface area contributed by atoms with Gasteiger partial charge in [0.2, 0.25) is 0 Å². The number of anilines is 1. The molecule has 6 atom stereocenters. The van der Waals surface area contributed by atoms with Crippen molar-refractivity contribution in [2.24, 2.45) is 0 Å². The summed E-state index contributed by atoms with van der Waals surface area (Å²) in [6.45, 7) is 4.20. The summed E-state index contributed by atoms with van der Waals surface area (Å²) in [5, 5.41) is 43.1. The fourth-order valence-corrected chi connectivity index (χ4v) is 5.11. The first kappa shape index (κ1) is 21.6. The Kier molecular flexibility index (Phi) is 5.79. The number of aryl methyl sites for hydroxylation is 1.